The van der Waals surface area contributed by atoms with Gasteiger partial charge in [-0.1, -0.05) is 12.1 Å². The van der Waals surface area contributed by atoms with Crippen LogP contribution in [-0.4, -0.2) is 30.5 Å². The van der Waals surface area contributed by atoms with E-state index in [0.717, 1.165) is 12.4 Å². The first-order valence-corrected chi connectivity index (χ1v) is 11.7. The van der Waals surface area contributed by atoms with Crippen LogP contribution in [0.15, 0.2) is 79.6 Å². The fourth-order valence-corrected chi connectivity index (χ4v) is 4.25. The van der Waals surface area contributed by atoms with Crippen LogP contribution in [0.4, 0.5) is 8.78 Å². The fourth-order valence-electron chi connectivity index (χ4n) is 4.25. The summed E-state index contributed by atoms with van der Waals surface area (Å²) in [5.74, 6) is -2.19. The molecule has 0 saturated carbocycles. The molecule has 0 aliphatic carbocycles. The van der Waals surface area contributed by atoms with Crippen LogP contribution in [0.3, 0.4) is 0 Å². The van der Waals surface area contributed by atoms with Gasteiger partial charge < -0.3 is 13.9 Å². The number of rotatable bonds is 4. The monoisotopic (exact) mass is 546 g/mol. The predicted molar refractivity (Wildman–Crippen MR) is 141 cm³/mol. The number of oxazole rings is 2. The van der Waals surface area contributed by atoms with Gasteiger partial charge >= 0.3 is 11.5 Å². The van der Waals surface area contributed by atoms with Gasteiger partial charge in [0.15, 0.2) is 23.3 Å². The smallest absolute Gasteiger partial charge is 0.408 e. The highest BCUT2D eigenvalue weighted by atomic mass is 19.1. The number of hydrogen-bond acceptors (Lipinski definition) is 8. The molecule has 12 heteroatoms. The number of benzene rings is 2. The molecule has 0 aliphatic heterocycles. The number of nitrogens with zero attached hydrogens (tertiary/aromatic N) is 4. The van der Waals surface area contributed by atoms with E-state index in [4.69, 9.17) is 8.83 Å². The van der Waals surface area contributed by atoms with Gasteiger partial charge in [-0.15, -0.1) is 0 Å². The summed E-state index contributed by atoms with van der Waals surface area (Å²) in [4.78, 5) is 41.4. The number of aliphatic hydroxyl groups excluding tert-OH is 1. The normalized spacial score (nSPS) is 11.0. The van der Waals surface area contributed by atoms with Crippen LogP contribution in [0.25, 0.3) is 44.5 Å². The maximum atomic E-state index is 13.6. The zero-order valence-electron chi connectivity index (χ0n) is 21.1. The summed E-state index contributed by atoms with van der Waals surface area (Å²) in [5.41, 5.74) is 4.26. The van der Waals surface area contributed by atoms with Crippen molar-refractivity contribution in [1.82, 2.24) is 19.1 Å². The van der Waals surface area contributed by atoms with Crippen molar-refractivity contribution in [3.63, 3.8) is 0 Å². The van der Waals surface area contributed by atoms with Crippen LogP contribution in [0.5, 0.6) is 0 Å². The lowest BCUT2D eigenvalue weighted by atomic mass is 10.0. The van der Waals surface area contributed by atoms with Gasteiger partial charge in [0.2, 0.25) is 0 Å². The minimum absolute atomic E-state index is 0.0622. The third kappa shape index (κ3) is 4.60. The molecule has 4 aromatic heterocycles. The van der Waals surface area contributed by atoms with Crippen molar-refractivity contribution < 1.29 is 27.5 Å². The first kappa shape index (κ1) is 26.4. The highest BCUT2D eigenvalue weighted by Gasteiger charge is 2.14. The maximum Gasteiger partial charge on any atom is 0.419 e. The number of aldehydes is 1. The van der Waals surface area contributed by atoms with Crippen LogP contribution < -0.4 is 11.5 Å². The molecule has 40 heavy (non-hydrogen) atoms. The number of pyridine rings is 2. The van der Waals surface area contributed by atoms with E-state index in [1.807, 2.05) is 0 Å². The molecule has 10 nitrogen and oxygen atoms in total. The van der Waals surface area contributed by atoms with Crippen molar-refractivity contribution in [3.8, 4) is 22.3 Å². The minimum Gasteiger partial charge on any atom is -0.408 e. The Balaban J connectivity index is 0.000000161. The SMILES string of the molecule is Cn1c(=O)oc2ccc(-c3cncc(F)c3C=O)cc21.Cn1c(=O)oc2ccc(-c3cncc(F)c3CO)cc21. The molecule has 0 spiro atoms. The van der Waals surface area contributed by atoms with E-state index in [1.165, 1.54) is 21.5 Å². The molecular formula is C28H20F2N4O6. The zero-order chi connectivity index (χ0) is 28.6. The fraction of sp³-hybridized carbons (Fsp3) is 0.107. The molecule has 2 aromatic carbocycles. The van der Waals surface area contributed by atoms with Crippen LogP contribution >= 0.6 is 0 Å². The molecule has 0 atom stereocenters. The number of aryl methyl sites for hydroxylation is 2. The molecule has 0 saturated heterocycles. The van der Waals surface area contributed by atoms with Crippen LogP contribution in [-0.2, 0) is 20.7 Å². The molecule has 0 unspecified atom stereocenters. The van der Waals surface area contributed by atoms with Gasteiger partial charge in [-0.3, -0.25) is 23.9 Å². The number of aliphatic hydroxyl groups is 1. The quantitative estimate of drug-likeness (QED) is 0.329. The molecule has 0 radical (unpaired) electrons. The highest BCUT2D eigenvalue weighted by Crippen LogP contribution is 2.28. The molecule has 1 N–H and O–H groups in total. The number of hydrogen-bond donors (Lipinski definition) is 1. The van der Waals surface area contributed by atoms with Crippen molar-refractivity contribution >= 4 is 28.5 Å². The summed E-state index contributed by atoms with van der Waals surface area (Å²) >= 11 is 0. The molecule has 202 valence electrons. The predicted octanol–water partition coefficient (Wildman–Crippen LogP) is 3.97. The number of aromatic nitrogens is 4. The second-order valence-corrected chi connectivity index (χ2v) is 8.72. The lowest BCUT2D eigenvalue weighted by Gasteiger charge is -2.08. The van der Waals surface area contributed by atoms with Crippen LogP contribution in [0, 0.1) is 11.6 Å². The standard InChI is InChI=1S/C14H11FN2O3.C14H9FN2O3/c2*1-17-12-4-8(2-3-13(12)20-14(17)19)9-5-16-6-11(15)10(9)7-18/h2-6,18H,7H2,1H3;2-7H,1H3. The van der Waals surface area contributed by atoms with Gasteiger partial charge in [0, 0.05) is 43.2 Å². The molecule has 6 aromatic rings. The number of carbonyl (C=O) groups excluding carboxylic acids is 1. The summed E-state index contributed by atoms with van der Waals surface area (Å²) in [6.45, 7) is -0.425. The average molecular weight is 546 g/mol. The minimum atomic E-state index is -0.682. The maximum absolute atomic E-state index is 13.6. The summed E-state index contributed by atoms with van der Waals surface area (Å²) < 4.78 is 40.0. The molecule has 0 aliphatic rings. The highest BCUT2D eigenvalue weighted by molar-refractivity contribution is 5.90. The average Bonchev–Trinajstić information content (AvgIpc) is 3.41. The first-order valence-electron chi connectivity index (χ1n) is 11.7. The van der Waals surface area contributed by atoms with Gasteiger partial charge in [0.25, 0.3) is 0 Å². The van der Waals surface area contributed by atoms with Gasteiger partial charge in [0.1, 0.15) is 5.82 Å². The van der Waals surface area contributed by atoms with E-state index >= 15 is 0 Å². The van der Waals surface area contributed by atoms with E-state index < -0.39 is 29.8 Å². The Morgan fingerprint density at radius 3 is 1.82 bits per heavy atom. The molecule has 0 fully saturated rings. The Kier molecular flexibility index (Phi) is 6.92. The van der Waals surface area contributed by atoms with E-state index in [9.17, 15) is 28.3 Å². The van der Waals surface area contributed by atoms with Gasteiger partial charge in [0.05, 0.1) is 35.6 Å². The molecule has 6 rings (SSSR count). The van der Waals surface area contributed by atoms with Crippen molar-refractivity contribution in [2.24, 2.45) is 14.1 Å². The Hall–Kier alpha value is -5.23. The molecule has 0 bridgehead atoms. The Bertz CT molecular complexity index is 2020. The van der Waals surface area contributed by atoms with Gasteiger partial charge in [-0.05, 0) is 35.4 Å². The third-order valence-electron chi connectivity index (χ3n) is 6.42. The molecule has 4 heterocycles. The summed E-state index contributed by atoms with van der Waals surface area (Å²) in [5, 5.41) is 9.29. The van der Waals surface area contributed by atoms with Crippen LogP contribution in [0.2, 0.25) is 0 Å². The number of carbonyl (C=O) groups is 1. The molecular weight excluding hydrogens is 526 g/mol. The second kappa shape index (κ2) is 10.5. The van der Waals surface area contributed by atoms with Crippen LogP contribution in [0.1, 0.15) is 15.9 Å². The Labute approximate surface area is 223 Å². The van der Waals surface area contributed by atoms with Crippen molar-refractivity contribution in [2.75, 3.05) is 0 Å². The van der Waals surface area contributed by atoms with Gasteiger partial charge in [-0.2, -0.15) is 0 Å². The largest absolute Gasteiger partial charge is 0.419 e. The summed E-state index contributed by atoms with van der Waals surface area (Å²) in [6, 6.07) is 9.94. The third-order valence-corrected chi connectivity index (χ3v) is 6.42. The first-order chi connectivity index (χ1) is 19.2. The van der Waals surface area contributed by atoms with Crippen molar-refractivity contribution in [1.29, 1.82) is 0 Å². The van der Waals surface area contributed by atoms with E-state index in [1.54, 1.807) is 50.5 Å². The lowest BCUT2D eigenvalue weighted by molar-refractivity contribution is 0.112. The van der Waals surface area contributed by atoms with Gasteiger partial charge in [-0.25, -0.2) is 18.4 Å². The van der Waals surface area contributed by atoms with E-state index in [-0.39, 0.29) is 11.1 Å². The van der Waals surface area contributed by atoms with Crippen molar-refractivity contribution in [2.45, 2.75) is 6.61 Å². The van der Waals surface area contributed by atoms with E-state index in [2.05, 4.69) is 9.97 Å². The number of fused-ring (bicyclic) bond motifs is 2. The topological polar surface area (TPSA) is 133 Å². The summed E-state index contributed by atoms with van der Waals surface area (Å²) in [7, 11) is 3.16. The second-order valence-electron chi connectivity index (χ2n) is 8.72. The molecule has 0 amide bonds. The Morgan fingerprint density at radius 2 is 1.30 bits per heavy atom. The Morgan fingerprint density at radius 1 is 0.800 bits per heavy atom. The zero-order valence-corrected chi connectivity index (χ0v) is 21.1. The number of halogens is 2. The summed E-state index contributed by atoms with van der Waals surface area (Å²) in [6.07, 6.45) is 5.38. The van der Waals surface area contributed by atoms with E-state index in [0.29, 0.717) is 50.7 Å². The van der Waals surface area contributed by atoms with Crippen molar-refractivity contribution in [3.05, 3.63) is 105 Å². The lowest BCUT2D eigenvalue weighted by Crippen LogP contribution is -2.08.